The first kappa shape index (κ1) is 29.9. The first-order valence-electron chi connectivity index (χ1n) is 14.1. The standard InChI is InChI=1S/C32H46O6Si/c1-29(2,3)37-27(34)21-25(33)28-31(7,38-28)20-19-26-32(8,36-26)22-35-39(30(4,5)6,23-15-11-9-12-16-23)24-17-13-10-14-18-24/h9-18,25-26,28,33H,19-22H2,1-8H3/t25-,26+,28-,31+,32-/m0/s1. The highest BCUT2D eigenvalue weighted by molar-refractivity contribution is 6.99. The molecule has 2 aliphatic rings. The number of esters is 1. The number of carbonyl (C=O) groups excluding carboxylic acids is 1. The zero-order chi connectivity index (χ0) is 28.7. The normalized spacial score (nSPS) is 27.6. The summed E-state index contributed by atoms with van der Waals surface area (Å²) >= 11 is 0. The summed E-state index contributed by atoms with van der Waals surface area (Å²) in [5, 5.41) is 13.0. The number of epoxide rings is 2. The number of rotatable bonds is 11. The van der Waals surface area contributed by atoms with Crippen molar-refractivity contribution in [1.29, 1.82) is 0 Å². The number of hydrogen-bond donors (Lipinski definition) is 1. The van der Waals surface area contributed by atoms with E-state index in [0.717, 1.165) is 12.8 Å². The van der Waals surface area contributed by atoms with Gasteiger partial charge >= 0.3 is 5.97 Å². The lowest BCUT2D eigenvalue weighted by Crippen LogP contribution is -2.67. The predicted molar refractivity (Wildman–Crippen MR) is 156 cm³/mol. The second-order valence-electron chi connectivity index (χ2n) is 13.6. The predicted octanol–water partition coefficient (Wildman–Crippen LogP) is 4.75. The molecule has 0 unspecified atom stereocenters. The van der Waals surface area contributed by atoms with Gasteiger partial charge in [-0.25, -0.2) is 0 Å². The molecular formula is C32H46O6Si. The molecule has 1 N–H and O–H groups in total. The van der Waals surface area contributed by atoms with E-state index < -0.39 is 31.6 Å². The molecule has 4 rings (SSSR count). The van der Waals surface area contributed by atoms with E-state index in [-0.39, 0.29) is 29.3 Å². The summed E-state index contributed by atoms with van der Waals surface area (Å²) in [6, 6.07) is 21.3. The van der Waals surface area contributed by atoms with Crippen LogP contribution in [0.4, 0.5) is 0 Å². The molecule has 0 amide bonds. The Hall–Kier alpha value is -2.03. The molecule has 0 aliphatic carbocycles. The second kappa shape index (κ2) is 10.7. The molecule has 0 aromatic heterocycles. The van der Waals surface area contributed by atoms with Crippen LogP contribution in [0.5, 0.6) is 0 Å². The summed E-state index contributed by atoms with van der Waals surface area (Å²) in [7, 11) is -2.64. The van der Waals surface area contributed by atoms with E-state index in [9.17, 15) is 9.90 Å². The largest absolute Gasteiger partial charge is 0.460 e. The number of aliphatic hydroxyl groups excluding tert-OH is 1. The maximum absolute atomic E-state index is 12.1. The minimum Gasteiger partial charge on any atom is -0.460 e. The van der Waals surface area contributed by atoms with E-state index in [0.29, 0.717) is 6.61 Å². The van der Waals surface area contributed by atoms with Gasteiger partial charge in [0.05, 0.1) is 30.8 Å². The van der Waals surface area contributed by atoms with Crippen molar-refractivity contribution in [2.75, 3.05) is 6.61 Å². The molecule has 0 bridgehead atoms. The van der Waals surface area contributed by atoms with Crippen molar-refractivity contribution in [3.63, 3.8) is 0 Å². The highest BCUT2D eigenvalue weighted by atomic mass is 28.4. The van der Waals surface area contributed by atoms with Crippen LogP contribution in [0.1, 0.15) is 74.7 Å². The number of ether oxygens (including phenoxy) is 3. The number of hydrogen-bond acceptors (Lipinski definition) is 6. The van der Waals surface area contributed by atoms with Crippen molar-refractivity contribution >= 4 is 24.7 Å². The Balaban J connectivity index is 1.38. The van der Waals surface area contributed by atoms with Gasteiger partial charge in [0.2, 0.25) is 0 Å². The van der Waals surface area contributed by atoms with Gasteiger partial charge in [-0.15, -0.1) is 0 Å². The van der Waals surface area contributed by atoms with Gasteiger partial charge in [-0.2, -0.15) is 0 Å². The van der Waals surface area contributed by atoms with Gasteiger partial charge in [0.25, 0.3) is 8.32 Å². The Morgan fingerprint density at radius 2 is 1.46 bits per heavy atom. The van der Waals surface area contributed by atoms with Crippen LogP contribution < -0.4 is 10.4 Å². The highest BCUT2D eigenvalue weighted by Crippen LogP contribution is 2.48. The van der Waals surface area contributed by atoms with Crippen LogP contribution in [-0.2, 0) is 23.4 Å². The molecular weight excluding hydrogens is 508 g/mol. The van der Waals surface area contributed by atoms with Crippen molar-refractivity contribution in [2.24, 2.45) is 0 Å². The fraction of sp³-hybridized carbons (Fsp3) is 0.594. The lowest BCUT2D eigenvalue weighted by Gasteiger charge is -2.43. The van der Waals surface area contributed by atoms with Crippen LogP contribution in [0, 0.1) is 0 Å². The van der Waals surface area contributed by atoms with Crippen molar-refractivity contribution in [3.8, 4) is 0 Å². The molecule has 0 spiro atoms. The molecule has 2 heterocycles. The molecule has 2 aliphatic heterocycles. The maximum atomic E-state index is 12.1. The van der Waals surface area contributed by atoms with E-state index in [1.807, 2.05) is 27.7 Å². The molecule has 7 heteroatoms. The lowest BCUT2D eigenvalue weighted by atomic mass is 9.94. The second-order valence-corrected chi connectivity index (χ2v) is 17.9. The average molecular weight is 555 g/mol. The molecule has 2 aromatic carbocycles. The van der Waals surface area contributed by atoms with E-state index in [2.05, 4.69) is 88.4 Å². The van der Waals surface area contributed by atoms with Gasteiger partial charge < -0.3 is 23.7 Å². The monoisotopic (exact) mass is 554 g/mol. The number of carbonyl (C=O) groups is 1. The summed E-state index contributed by atoms with van der Waals surface area (Å²) in [4.78, 5) is 12.1. The van der Waals surface area contributed by atoms with E-state index >= 15 is 0 Å². The van der Waals surface area contributed by atoms with Crippen LogP contribution in [0.15, 0.2) is 60.7 Å². The number of benzene rings is 2. The van der Waals surface area contributed by atoms with Gasteiger partial charge in [0.15, 0.2) is 0 Å². The molecule has 2 fully saturated rings. The Morgan fingerprint density at radius 1 is 0.923 bits per heavy atom. The summed E-state index contributed by atoms with van der Waals surface area (Å²) in [6.45, 7) is 16.9. The topological polar surface area (TPSA) is 80.8 Å². The summed E-state index contributed by atoms with van der Waals surface area (Å²) < 4.78 is 24.6. The smallest absolute Gasteiger partial charge is 0.309 e. The summed E-state index contributed by atoms with van der Waals surface area (Å²) in [5.41, 5.74) is -1.41. The Bertz CT molecular complexity index is 1090. The van der Waals surface area contributed by atoms with E-state index in [1.54, 1.807) is 0 Å². The average Bonchev–Trinajstić information content (AvgIpc) is 3.72. The molecule has 214 valence electrons. The van der Waals surface area contributed by atoms with Crippen molar-refractivity contribution in [3.05, 3.63) is 60.7 Å². The van der Waals surface area contributed by atoms with Crippen molar-refractivity contribution in [2.45, 2.75) is 115 Å². The zero-order valence-corrected chi connectivity index (χ0v) is 25.8. The number of aliphatic hydroxyl groups is 1. The van der Waals surface area contributed by atoms with Crippen LogP contribution in [-0.4, -0.2) is 61.1 Å². The molecule has 0 radical (unpaired) electrons. The molecule has 5 atom stereocenters. The molecule has 2 saturated heterocycles. The maximum Gasteiger partial charge on any atom is 0.309 e. The zero-order valence-electron chi connectivity index (χ0n) is 24.8. The Kier molecular flexibility index (Phi) is 8.25. The summed E-state index contributed by atoms with van der Waals surface area (Å²) in [5.74, 6) is -0.411. The minimum absolute atomic E-state index is 0.0559. The first-order valence-corrected chi connectivity index (χ1v) is 16.0. The van der Waals surface area contributed by atoms with Crippen LogP contribution >= 0.6 is 0 Å². The fourth-order valence-corrected chi connectivity index (χ4v) is 10.5. The van der Waals surface area contributed by atoms with Gasteiger partial charge in [0.1, 0.15) is 17.3 Å². The molecule has 2 aromatic rings. The van der Waals surface area contributed by atoms with Gasteiger partial charge in [-0.05, 0) is 62.9 Å². The summed E-state index contributed by atoms with van der Waals surface area (Å²) in [6.07, 6.45) is 0.273. The molecule has 0 saturated carbocycles. The highest BCUT2D eigenvalue weighted by Gasteiger charge is 2.60. The van der Waals surface area contributed by atoms with Crippen molar-refractivity contribution < 1.29 is 28.5 Å². The lowest BCUT2D eigenvalue weighted by molar-refractivity contribution is -0.157. The van der Waals surface area contributed by atoms with Crippen molar-refractivity contribution in [1.82, 2.24) is 0 Å². The molecule has 39 heavy (non-hydrogen) atoms. The van der Waals surface area contributed by atoms with Crippen LogP contribution in [0.25, 0.3) is 0 Å². The third kappa shape index (κ3) is 6.65. The molecule has 6 nitrogen and oxygen atoms in total. The Labute approximate surface area is 235 Å². The van der Waals surface area contributed by atoms with Crippen LogP contribution in [0.3, 0.4) is 0 Å². The minimum atomic E-state index is -2.64. The SMILES string of the molecule is CC(C)(C)OC(=O)C[C@H](O)[C@@H]1O[C@]1(C)CC[C@H]1O[C@@]1(C)CO[Si](c1ccccc1)(c1ccccc1)C(C)(C)C. The quantitative estimate of drug-likeness (QED) is 0.245. The fourth-order valence-electron chi connectivity index (χ4n) is 5.82. The third-order valence-corrected chi connectivity index (χ3v) is 13.0. The third-order valence-electron chi connectivity index (χ3n) is 8.02. The first-order chi connectivity index (χ1) is 18.1. The van der Waals surface area contributed by atoms with Gasteiger partial charge in [-0.1, -0.05) is 81.4 Å². The Morgan fingerprint density at radius 3 is 1.95 bits per heavy atom. The van der Waals surface area contributed by atoms with E-state index in [4.69, 9.17) is 18.6 Å². The van der Waals surface area contributed by atoms with Gasteiger partial charge in [-0.3, -0.25) is 4.79 Å². The van der Waals surface area contributed by atoms with Gasteiger partial charge in [0, 0.05) is 0 Å². The van der Waals surface area contributed by atoms with Crippen LogP contribution in [0.2, 0.25) is 5.04 Å². The van der Waals surface area contributed by atoms with E-state index in [1.165, 1.54) is 10.4 Å².